The van der Waals surface area contributed by atoms with Crippen molar-refractivity contribution in [2.75, 3.05) is 34.9 Å². The first-order valence-corrected chi connectivity index (χ1v) is 8.27. The number of ketones is 1. The zero-order chi connectivity index (χ0) is 19.7. The molecule has 0 spiro atoms. The van der Waals surface area contributed by atoms with Crippen molar-refractivity contribution in [1.29, 1.82) is 0 Å². The van der Waals surface area contributed by atoms with Crippen LogP contribution in [-0.2, 0) is 18.9 Å². The minimum Gasteiger partial charge on any atom is -0.507 e. The van der Waals surface area contributed by atoms with Gasteiger partial charge in [-0.3, -0.25) is 4.79 Å². The normalized spacial score (nSPS) is 19.3. The van der Waals surface area contributed by atoms with Crippen LogP contribution < -0.4 is 4.74 Å². The van der Waals surface area contributed by atoms with Crippen LogP contribution in [0.4, 0.5) is 0 Å². The average molecular weight is 376 g/mol. The maximum Gasteiger partial charge on any atom is 0.194 e. The summed E-state index contributed by atoms with van der Waals surface area (Å²) in [6, 6.07) is 4.47. The molecule has 1 unspecified atom stereocenters. The molecule has 27 heavy (non-hydrogen) atoms. The number of phenols is 1. The van der Waals surface area contributed by atoms with Crippen molar-refractivity contribution in [3.05, 3.63) is 59.7 Å². The third-order valence-corrected chi connectivity index (χ3v) is 3.90. The topological polar surface area (TPSA) is 83.5 Å². The first-order valence-electron chi connectivity index (χ1n) is 8.27. The Bertz CT molecular complexity index is 736. The van der Waals surface area contributed by atoms with Gasteiger partial charge in [0, 0.05) is 33.8 Å². The summed E-state index contributed by atoms with van der Waals surface area (Å²) in [5.74, 6) is -1.02. The summed E-state index contributed by atoms with van der Waals surface area (Å²) in [7, 11) is 4.57. The molecule has 146 valence electrons. The highest BCUT2D eigenvalue weighted by atomic mass is 16.8. The summed E-state index contributed by atoms with van der Waals surface area (Å²) in [4.78, 5) is 12.4. The van der Waals surface area contributed by atoms with Crippen LogP contribution in [-0.4, -0.2) is 51.6 Å². The molecule has 1 aromatic rings. The van der Waals surface area contributed by atoms with Gasteiger partial charge in [-0.1, -0.05) is 18.2 Å². The summed E-state index contributed by atoms with van der Waals surface area (Å²) in [6.45, 7) is 0.139. The number of phenolic OH excluding ortho intramolecular Hbond substituents is 1. The number of carbonyl (C=O) groups is 1. The number of hydrogen-bond donors (Lipinski definition) is 1. The minimum atomic E-state index is -0.935. The fraction of sp³-hybridized carbons (Fsp3) is 0.350. The van der Waals surface area contributed by atoms with E-state index in [1.807, 2.05) is 6.08 Å². The second kappa shape index (κ2) is 10.0. The van der Waals surface area contributed by atoms with Crippen LogP contribution in [0.3, 0.4) is 0 Å². The van der Waals surface area contributed by atoms with Crippen molar-refractivity contribution >= 4 is 5.78 Å². The van der Waals surface area contributed by atoms with Gasteiger partial charge in [0.25, 0.3) is 0 Å². The lowest BCUT2D eigenvalue weighted by molar-refractivity contribution is -0.227. The maximum atomic E-state index is 12.4. The number of rotatable bonds is 10. The molecule has 1 aliphatic rings. The van der Waals surface area contributed by atoms with Gasteiger partial charge in [-0.2, -0.15) is 0 Å². The molecule has 0 saturated heterocycles. The molecule has 1 N–H and O–H groups in total. The minimum absolute atomic E-state index is 0.0563. The molecule has 0 saturated carbocycles. The van der Waals surface area contributed by atoms with Crippen molar-refractivity contribution in [2.45, 2.75) is 12.2 Å². The molecule has 0 aliphatic heterocycles. The summed E-state index contributed by atoms with van der Waals surface area (Å²) >= 11 is 0. The van der Waals surface area contributed by atoms with E-state index in [9.17, 15) is 9.90 Å². The summed E-state index contributed by atoms with van der Waals surface area (Å²) in [6.07, 6.45) is 8.93. The third kappa shape index (κ3) is 5.77. The molecule has 7 heteroatoms. The first-order chi connectivity index (χ1) is 13.0. The smallest absolute Gasteiger partial charge is 0.194 e. The van der Waals surface area contributed by atoms with E-state index in [1.165, 1.54) is 32.4 Å². The first kappa shape index (κ1) is 20.9. The summed E-state index contributed by atoms with van der Waals surface area (Å²) in [5, 5.41) is 10.1. The SMILES string of the molecule is COCOc1ccc(C(=O)/C=C/C2=CC=CC(OC)(OCOC)C2)c(O)c1. The fourth-order valence-corrected chi connectivity index (χ4v) is 2.50. The zero-order valence-electron chi connectivity index (χ0n) is 15.6. The van der Waals surface area contributed by atoms with Crippen molar-refractivity contribution in [3.63, 3.8) is 0 Å². The Labute approximate surface area is 158 Å². The molecule has 1 atom stereocenters. The number of aromatic hydroxyl groups is 1. The van der Waals surface area contributed by atoms with Crippen LogP contribution >= 0.6 is 0 Å². The molecule has 1 aliphatic carbocycles. The van der Waals surface area contributed by atoms with Gasteiger partial charge in [0.15, 0.2) is 18.4 Å². The molecule has 0 heterocycles. The standard InChI is InChI=1S/C20H24O7/c1-23-13-26-16-7-8-17(19(22)11-16)18(21)9-6-15-5-4-10-20(12-15,25-3)27-14-24-2/h4-11,22H,12-14H2,1-3H3/b9-6+. The number of benzene rings is 1. The quantitative estimate of drug-likeness (QED) is 0.382. The lowest BCUT2D eigenvalue weighted by atomic mass is 9.98. The van der Waals surface area contributed by atoms with Crippen LogP contribution in [0.15, 0.2) is 54.2 Å². The van der Waals surface area contributed by atoms with E-state index in [0.717, 1.165) is 5.57 Å². The molecule has 7 nitrogen and oxygen atoms in total. The van der Waals surface area contributed by atoms with Crippen molar-refractivity contribution in [2.24, 2.45) is 0 Å². The van der Waals surface area contributed by atoms with Crippen molar-refractivity contribution in [1.82, 2.24) is 0 Å². The van der Waals surface area contributed by atoms with Crippen molar-refractivity contribution in [3.8, 4) is 11.5 Å². The van der Waals surface area contributed by atoms with E-state index in [0.29, 0.717) is 12.2 Å². The molecule has 1 aromatic carbocycles. The Balaban J connectivity index is 2.06. The molecular formula is C20H24O7. The van der Waals surface area contributed by atoms with Gasteiger partial charge < -0.3 is 28.8 Å². The average Bonchev–Trinajstić information content (AvgIpc) is 2.69. The zero-order valence-corrected chi connectivity index (χ0v) is 15.6. The lowest BCUT2D eigenvalue weighted by Gasteiger charge is -2.31. The Morgan fingerprint density at radius 3 is 2.67 bits per heavy atom. The van der Waals surface area contributed by atoms with Gasteiger partial charge in [-0.25, -0.2) is 0 Å². The number of carbonyl (C=O) groups excluding carboxylic acids is 1. The highest BCUT2D eigenvalue weighted by molar-refractivity contribution is 6.06. The molecule has 0 amide bonds. The van der Waals surface area contributed by atoms with Gasteiger partial charge >= 0.3 is 0 Å². The number of methoxy groups -OCH3 is 3. The van der Waals surface area contributed by atoms with E-state index in [1.54, 1.807) is 31.4 Å². The Morgan fingerprint density at radius 2 is 2.00 bits per heavy atom. The van der Waals surface area contributed by atoms with E-state index >= 15 is 0 Å². The van der Waals surface area contributed by atoms with E-state index in [4.69, 9.17) is 23.7 Å². The number of allylic oxidation sites excluding steroid dienone is 4. The number of ether oxygens (including phenoxy) is 5. The van der Waals surface area contributed by atoms with Crippen LogP contribution in [0.2, 0.25) is 0 Å². The van der Waals surface area contributed by atoms with Crippen LogP contribution in [0, 0.1) is 0 Å². The van der Waals surface area contributed by atoms with Crippen LogP contribution in [0.1, 0.15) is 16.8 Å². The van der Waals surface area contributed by atoms with Crippen LogP contribution in [0.5, 0.6) is 11.5 Å². The van der Waals surface area contributed by atoms with Crippen molar-refractivity contribution < 1.29 is 33.6 Å². The van der Waals surface area contributed by atoms with E-state index in [2.05, 4.69) is 0 Å². The largest absolute Gasteiger partial charge is 0.507 e. The van der Waals surface area contributed by atoms with Gasteiger partial charge in [-0.15, -0.1) is 0 Å². The predicted octanol–water partition coefficient (Wildman–Crippen LogP) is 2.96. The maximum absolute atomic E-state index is 12.4. The second-order valence-corrected chi connectivity index (χ2v) is 5.77. The molecule has 0 fully saturated rings. The molecule has 0 aromatic heterocycles. The van der Waals surface area contributed by atoms with Gasteiger partial charge in [0.2, 0.25) is 0 Å². The summed E-state index contributed by atoms with van der Waals surface area (Å²) in [5.41, 5.74) is 1.01. The predicted molar refractivity (Wildman–Crippen MR) is 98.6 cm³/mol. The molecule has 2 rings (SSSR count). The van der Waals surface area contributed by atoms with Gasteiger partial charge in [0.1, 0.15) is 18.3 Å². The lowest BCUT2D eigenvalue weighted by Crippen LogP contribution is -2.35. The van der Waals surface area contributed by atoms with Crippen LogP contribution in [0.25, 0.3) is 0 Å². The highest BCUT2D eigenvalue weighted by Crippen LogP contribution is 2.29. The molecule has 0 bridgehead atoms. The fourth-order valence-electron chi connectivity index (χ4n) is 2.50. The monoisotopic (exact) mass is 376 g/mol. The van der Waals surface area contributed by atoms with E-state index in [-0.39, 0.29) is 30.7 Å². The number of hydrogen-bond acceptors (Lipinski definition) is 7. The summed E-state index contributed by atoms with van der Waals surface area (Å²) < 4.78 is 26.0. The van der Waals surface area contributed by atoms with Gasteiger partial charge in [-0.05, 0) is 29.9 Å². The second-order valence-electron chi connectivity index (χ2n) is 5.77. The Morgan fingerprint density at radius 1 is 1.22 bits per heavy atom. The van der Waals surface area contributed by atoms with E-state index < -0.39 is 5.79 Å². The van der Waals surface area contributed by atoms with Gasteiger partial charge in [0.05, 0.1) is 5.56 Å². The Kier molecular flexibility index (Phi) is 7.75. The molecule has 0 radical (unpaired) electrons. The molecular weight excluding hydrogens is 352 g/mol. The highest BCUT2D eigenvalue weighted by Gasteiger charge is 2.30. The third-order valence-electron chi connectivity index (χ3n) is 3.90. The Hall–Kier alpha value is -2.45.